The van der Waals surface area contributed by atoms with Crippen LogP contribution < -0.4 is 0 Å². The molecule has 106 valence electrons. The van der Waals surface area contributed by atoms with Crippen molar-refractivity contribution in [3.63, 3.8) is 0 Å². The molecule has 0 amide bonds. The lowest BCUT2D eigenvalue weighted by Gasteiger charge is -2.24. The molecule has 0 unspecified atom stereocenters. The molecule has 4 nitrogen and oxygen atoms in total. The Balaban J connectivity index is 2.07. The van der Waals surface area contributed by atoms with Crippen LogP contribution in [0.2, 0.25) is 0 Å². The molecule has 0 saturated heterocycles. The number of rotatable bonds is 4. The van der Waals surface area contributed by atoms with E-state index < -0.39 is 0 Å². The number of hydrogen-bond donors (Lipinski definition) is 0. The van der Waals surface area contributed by atoms with Crippen molar-refractivity contribution in [2.75, 3.05) is 0 Å². The zero-order valence-corrected chi connectivity index (χ0v) is 13.2. The van der Waals surface area contributed by atoms with E-state index >= 15 is 0 Å². The molecular weight excluding hydrogens is 328 g/mol. The highest BCUT2D eigenvalue weighted by Gasteiger charge is 2.26. The highest BCUT2D eigenvalue weighted by molar-refractivity contribution is 9.09. The molecule has 0 aliphatic carbocycles. The largest absolute Gasteiger partial charge is 0.221 e. The van der Waals surface area contributed by atoms with Crippen molar-refractivity contribution in [2.45, 2.75) is 17.8 Å². The predicted molar refractivity (Wildman–Crippen MR) is 85.2 cm³/mol. The first kappa shape index (κ1) is 13.9. The second kappa shape index (κ2) is 6.18. The molecule has 0 aliphatic rings. The number of alkyl halides is 1. The number of halogens is 1. The number of tetrazole rings is 1. The fourth-order valence-electron chi connectivity index (χ4n) is 2.40. The van der Waals surface area contributed by atoms with Crippen molar-refractivity contribution >= 4 is 15.9 Å². The van der Waals surface area contributed by atoms with Gasteiger partial charge >= 0.3 is 0 Å². The average Bonchev–Trinajstić information content (AvgIpc) is 2.95. The Kier molecular flexibility index (Phi) is 4.10. The second-order valence-electron chi connectivity index (χ2n) is 4.84. The third kappa shape index (κ3) is 2.88. The summed E-state index contributed by atoms with van der Waals surface area (Å²) in [4.78, 5) is 0.0864. The first-order valence-electron chi connectivity index (χ1n) is 6.76. The van der Waals surface area contributed by atoms with Crippen LogP contribution in [0, 0.1) is 6.92 Å². The third-order valence-electron chi connectivity index (χ3n) is 3.46. The van der Waals surface area contributed by atoms with Crippen LogP contribution in [0.25, 0.3) is 0 Å². The van der Waals surface area contributed by atoms with Crippen molar-refractivity contribution in [1.29, 1.82) is 0 Å². The third-order valence-corrected chi connectivity index (χ3v) is 4.49. The van der Waals surface area contributed by atoms with Gasteiger partial charge in [0.15, 0.2) is 0 Å². The number of nitrogens with zero attached hydrogens (tertiary/aromatic N) is 4. The van der Waals surface area contributed by atoms with Crippen LogP contribution in [0.1, 0.15) is 27.8 Å². The van der Waals surface area contributed by atoms with Crippen LogP contribution in [0.3, 0.4) is 0 Å². The van der Waals surface area contributed by atoms with E-state index in [9.17, 15) is 0 Å². The summed E-state index contributed by atoms with van der Waals surface area (Å²) in [5, 5.41) is 12.0. The van der Waals surface area contributed by atoms with Gasteiger partial charge in [-0.15, -0.1) is 5.10 Å². The first-order valence-corrected chi connectivity index (χ1v) is 7.67. The summed E-state index contributed by atoms with van der Waals surface area (Å²) in [6.07, 6.45) is 0. The minimum Gasteiger partial charge on any atom is -0.221 e. The van der Waals surface area contributed by atoms with Gasteiger partial charge in [-0.25, -0.2) is 4.68 Å². The van der Waals surface area contributed by atoms with E-state index in [0.717, 1.165) is 5.82 Å². The van der Waals surface area contributed by atoms with Gasteiger partial charge in [0.25, 0.3) is 0 Å². The Hall–Kier alpha value is -2.01. The molecule has 0 saturated carbocycles. The molecular formula is C16H15BrN4. The van der Waals surface area contributed by atoms with Gasteiger partial charge in [0.05, 0.1) is 10.9 Å². The van der Waals surface area contributed by atoms with Gasteiger partial charge in [0, 0.05) is 0 Å². The Morgan fingerprint density at radius 1 is 0.905 bits per heavy atom. The Bertz CT molecular complexity index is 697. The van der Waals surface area contributed by atoms with Gasteiger partial charge in [-0.2, -0.15) is 0 Å². The Labute approximate surface area is 131 Å². The zero-order valence-electron chi connectivity index (χ0n) is 11.6. The van der Waals surface area contributed by atoms with E-state index in [4.69, 9.17) is 0 Å². The number of benzene rings is 2. The molecule has 1 aromatic heterocycles. The fraction of sp³-hybridized carbons (Fsp3) is 0.188. The van der Waals surface area contributed by atoms with Crippen LogP contribution in [-0.2, 0) is 0 Å². The maximum atomic E-state index is 4.16. The average molecular weight is 343 g/mol. The Morgan fingerprint density at radius 3 is 2.00 bits per heavy atom. The molecule has 3 rings (SSSR count). The quantitative estimate of drug-likeness (QED) is 0.679. The van der Waals surface area contributed by atoms with Crippen LogP contribution in [-0.4, -0.2) is 20.2 Å². The van der Waals surface area contributed by atoms with E-state index in [1.807, 2.05) is 48.0 Å². The van der Waals surface area contributed by atoms with Crippen LogP contribution in [0.15, 0.2) is 60.7 Å². The smallest absolute Gasteiger partial charge is 0.148 e. The SMILES string of the molecule is Cc1nnnn1[C@@H](c1ccccc1)[C@@H](Br)c1ccccc1. The van der Waals surface area contributed by atoms with E-state index in [1.165, 1.54) is 11.1 Å². The zero-order chi connectivity index (χ0) is 14.7. The highest BCUT2D eigenvalue weighted by atomic mass is 79.9. The van der Waals surface area contributed by atoms with Gasteiger partial charge in [0.2, 0.25) is 0 Å². The summed E-state index contributed by atoms with van der Waals surface area (Å²) in [5.74, 6) is 0.796. The van der Waals surface area contributed by atoms with Crippen molar-refractivity contribution in [3.05, 3.63) is 77.6 Å². The molecule has 0 N–H and O–H groups in total. The molecule has 2 atom stereocenters. The van der Waals surface area contributed by atoms with Gasteiger partial charge in [0.1, 0.15) is 5.82 Å². The summed E-state index contributed by atoms with van der Waals surface area (Å²) in [5.41, 5.74) is 2.36. The summed E-state index contributed by atoms with van der Waals surface area (Å²) < 4.78 is 1.86. The number of aromatic nitrogens is 4. The van der Waals surface area contributed by atoms with Crippen LogP contribution >= 0.6 is 15.9 Å². The minimum atomic E-state index is 0.00333. The topological polar surface area (TPSA) is 43.6 Å². The Morgan fingerprint density at radius 2 is 1.48 bits per heavy atom. The normalized spacial score (nSPS) is 13.8. The lowest BCUT2D eigenvalue weighted by atomic mass is 9.99. The van der Waals surface area contributed by atoms with Gasteiger partial charge in [-0.1, -0.05) is 76.6 Å². The lowest BCUT2D eigenvalue weighted by Crippen LogP contribution is -2.18. The molecule has 2 aromatic carbocycles. The monoisotopic (exact) mass is 342 g/mol. The summed E-state index contributed by atoms with van der Waals surface area (Å²) >= 11 is 3.83. The molecule has 1 heterocycles. The van der Waals surface area contributed by atoms with E-state index in [0.29, 0.717) is 0 Å². The van der Waals surface area contributed by atoms with Crippen molar-refractivity contribution in [3.8, 4) is 0 Å². The molecule has 21 heavy (non-hydrogen) atoms. The van der Waals surface area contributed by atoms with Gasteiger partial charge in [-0.3, -0.25) is 0 Å². The van der Waals surface area contributed by atoms with Crippen LogP contribution in [0.5, 0.6) is 0 Å². The molecule has 0 fully saturated rings. The number of hydrogen-bond acceptors (Lipinski definition) is 3. The highest BCUT2D eigenvalue weighted by Crippen LogP contribution is 2.38. The van der Waals surface area contributed by atoms with Gasteiger partial charge in [-0.05, 0) is 28.5 Å². The second-order valence-corrected chi connectivity index (χ2v) is 5.83. The molecule has 5 heteroatoms. The molecule has 0 aliphatic heterocycles. The standard InChI is InChI=1S/C16H15BrN4/c1-12-18-19-20-21(12)16(14-10-6-3-7-11-14)15(17)13-8-4-2-5-9-13/h2-11,15-16H,1H3/t15-,16-/m0/s1. The maximum Gasteiger partial charge on any atom is 0.148 e. The summed E-state index contributed by atoms with van der Waals surface area (Å²) in [7, 11) is 0. The van der Waals surface area contributed by atoms with E-state index in [-0.39, 0.29) is 10.9 Å². The lowest BCUT2D eigenvalue weighted by molar-refractivity contribution is 0.490. The van der Waals surface area contributed by atoms with Gasteiger partial charge < -0.3 is 0 Å². The molecule has 3 aromatic rings. The van der Waals surface area contributed by atoms with Crippen molar-refractivity contribution in [1.82, 2.24) is 20.2 Å². The van der Waals surface area contributed by atoms with E-state index in [1.54, 1.807) is 0 Å². The maximum absolute atomic E-state index is 4.16. The first-order chi connectivity index (χ1) is 10.3. The fourth-order valence-corrected chi connectivity index (χ4v) is 3.23. The number of aryl methyl sites for hydroxylation is 1. The summed E-state index contributed by atoms with van der Waals surface area (Å²) in [6, 6.07) is 20.6. The van der Waals surface area contributed by atoms with E-state index in [2.05, 4.69) is 55.7 Å². The van der Waals surface area contributed by atoms with Crippen molar-refractivity contribution < 1.29 is 0 Å². The molecule has 0 bridgehead atoms. The molecule has 0 radical (unpaired) electrons. The molecule has 0 spiro atoms. The minimum absolute atomic E-state index is 0.00333. The van der Waals surface area contributed by atoms with Crippen molar-refractivity contribution in [2.24, 2.45) is 0 Å². The predicted octanol–water partition coefficient (Wildman–Crippen LogP) is 3.71. The summed E-state index contributed by atoms with van der Waals surface area (Å²) in [6.45, 7) is 1.92. The van der Waals surface area contributed by atoms with Crippen LogP contribution in [0.4, 0.5) is 0 Å².